The van der Waals surface area contributed by atoms with Crippen LogP contribution in [0.1, 0.15) is 50.2 Å². The van der Waals surface area contributed by atoms with Gasteiger partial charge >= 0.3 is 0 Å². The molecule has 0 radical (unpaired) electrons. The smallest absolute Gasteiger partial charge is 0.130 e. The highest BCUT2D eigenvalue weighted by atomic mass is 16.5. The van der Waals surface area contributed by atoms with E-state index in [1.165, 1.54) is 6.42 Å². The average Bonchev–Trinajstić information content (AvgIpc) is 2.55. The Hall–Kier alpha value is -2.00. The number of phenolic OH excluding ortho intramolecular Hbond substituents is 1. The molecule has 1 unspecified atom stereocenters. The monoisotopic (exact) mass is 310 g/mol. The van der Waals surface area contributed by atoms with E-state index in [0.29, 0.717) is 17.7 Å². The van der Waals surface area contributed by atoms with Crippen molar-refractivity contribution in [3.8, 4) is 22.6 Å². The van der Waals surface area contributed by atoms with Crippen LogP contribution in [0.2, 0.25) is 0 Å². The first-order valence-corrected chi connectivity index (χ1v) is 8.46. The number of rotatable bonds is 1. The molecule has 23 heavy (non-hydrogen) atoms. The number of aromatic hydroxyl groups is 1. The summed E-state index contributed by atoms with van der Waals surface area (Å²) in [5, 5.41) is 21.0. The van der Waals surface area contributed by atoms with Crippen LogP contribution in [-0.4, -0.2) is 15.8 Å². The van der Waals surface area contributed by atoms with Gasteiger partial charge in [-0.3, -0.25) is 0 Å². The minimum Gasteiger partial charge on any atom is -0.507 e. The van der Waals surface area contributed by atoms with Crippen molar-refractivity contribution in [2.75, 3.05) is 0 Å². The largest absolute Gasteiger partial charge is 0.507 e. The molecule has 0 amide bonds. The lowest BCUT2D eigenvalue weighted by Gasteiger charge is -2.43. The van der Waals surface area contributed by atoms with Crippen LogP contribution < -0.4 is 4.74 Å². The van der Waals surface area contributed by atoms with Crippen LogP contribution in [0.4, 0.5) is 0 Å². The Bertz CT molecular complexity index is 702. The van der Waals surface area contributed by atoms with E-state index >= 15 is 0 Å². The number of hydrogen-bond acceptors (Lipinski definition) is 3. The molecular weight excluding hydrogens is 288 g/mol. The zero-order chi connectivity index (χ0) is 15.9. The van der Waals surface area contributed by atoms with Gasteiger partial charge < -0.3 is 14.9 Å². The number of aliphatic hydroxyl groups is 1. The van der Waals surface area contributed by atoms with E-state index in [2.05, 4.69) is 0 Å². The lowest BCUT2D eigenvalue weighted by molar-refractivity contribution is -0.0390. The summed E-state index contributed by atoms with van der Waals surface area (Å²) >= 11 is 0. The number of fused-ring (bicyclic) bond motifs is 1. The minimum absolute atomic E-state index is 0.125. The van der Waals surface area contributed by atoms with E-state index in [-0.39, 0.29) is 11.4 Å². The first kappa shape index (κ1) is 14.6. The Morgan fingerprint density at radius 2 is 1.70 bits per heavy atom. The summed E-state index contributed by atoms with van der Waals surface area (Å²) in [5.41, 5.74) is 2.24. The molecular formula is C20H22O3. The maximum Gasteiger partial charge on any atom is 0.130 e. The Labute approximate surface area is 136 Å². The van der Waals surface area contributed by atoms with E-state index in [9.17, 15) is 10.2 Å². The number of benzene rings is 2. The first-order valence-electron chi connectivity index (χ1n) is 8.46. The van der Waals surface area contributed by atoms with Gasteiger partial charge in [-0.25, -0.2) is 0 Å². The summed E-state index contributed by atoms with van der Waals surface area (Å²) < 4.78 is 6.35. The summed E-state index contributed by atoms with van der Waals surface area (Å²) in [7, 11) is 0. The van der Waals surface area contributed by atoms with Gasteiger partial charge in [0.2, 0.25) is 0 Å². The topological polar surface area (TPSA) is 49.7 Å². The summed E-state index contributed by atoms with van der Waals surface area (Å²) in [6.07, 6.45) is 5.43. The summed E-state index contributed by atoms with van der Waals surface area (Å²) in [6.45, 7) is 0. The van der Waals surface area contributed by atoms with E-state index < -0.39 is 6.10 Å². The van der Waals surface area contributed by atoms with Gasteiger partial charge in [0.05, 0.1) is 11.7 Å². The van der Waals surface area contributed by atoms with Crippen molar-refractivity contribution in [2.45, 2.75) is 50.2 Å². The quantitative estimate of drug-likeness (QED) is 0.810. The van der Waals surface area contributed by atoms with Gasteiger partial charge in [0, 0.05) is 6.42 Å². The number of ether oxygens (including phenoxy) is 1. The van der Waals surface area contributed by atoms with Crippen LogP contribution in [0.25, 0.3) is 11.1 Å². The van der Waals surface area contributed by atoms with Crippen LogP contribution in [0.15, 0.2) is 42.5 Å². The molecule has 2 aromatic carbocycles. The molecule has 1 heterocycles. The molecule has 4 rings (SSSR count). The fraction of sp³-hybridized carbons (Fsp3) is 0.400. The fourth-order valence-electron chi connectivity index (χ4n) is 4.06. The third kappa shape index (κ3) is 2.59. The Morgan fingerprint density at radius 1 is 0.957 bits per heavy atom. The van der Waals surface area contributed by atoms with E-state index in [4.69, 9.17) is 4.74 Å². The highest BCUT2D eigenvalue weighted by Gasteiger charge is 2.42. The Kier molecular flexibility index (Phi) is 3.53. The number of aliphatic hydroxyl groups excluding tert-OH is 1. The zero-order valence-corrected chi connectivity index (χ0v) is 13.2. The van der Waals surface area contributed by atoms with Gasteiger partial charge in [-0.1, -0.05) is 36.8 Å². The normalized spacial score (nSPS) is 22.4. The molecule has 3 heteroatoms. The highest BCUT2D eigenvalue weighted by molar-refractivity contribution is 5.69. The van der Waals surface area contributed by atoms with Crippen molar-refractivity contribution < 1.29 is 14.9 Å². The van der Waals surface area contributed by atoms with E-state index in [1.807, 2.05) is 36.4 Å². The van der Waals surface area contributed by atoms with Gasteiger partial charge in [0.1, 0.15) is 17.1 Å². The average molecular weight is 310 g/mol. The molecule has 1 saturated carbocycles. The summed E-state index contributed by atoms with van der Waals surface area (Å²) in [6, 6.07) is 13.6. The molecule has 1 spiro atoms. The predicted molar refractivity (Wildman–Crippen MR) is 89.6 cm³/mol. The van der Waals surface area contributed by atoms with E-state index in [1.54, 1.807) is 6.07 Å². The van der Waals surface area contributed by atoms with Crippen LogP contribution in [0.3, 0.4) is 0 Å². The van der Waals surface area contributed by atoms with Crippen molar-refractivity contribution in [3.63, 3.8) is 0 Å². The van der Waals surface area contributed by atoms with Crippen LogP contribution in [0.5, 0.6) is 11.5 Å². The van der Waals surface area contributed by atoms with Gasteiger partial charge in [0.25, 0.3) is 0 Å². The third-order valence-corrected chi connectivity index (χ3v) is 5.22. The van der Waals surface area contributed by atoms with Crippen LogP contribution in [-0.2, 0) is 0 Å². The van der Waals surface area contributed by atoms with E-state index in [0.717, 1.165) is 36.8 Å². The lowest BCUT2D eigenvalue weighted by atomic mass is 9.77. The zero-order valence-electron chi connectivity index (χ0n) is 13.2. The molecule has 2 aliphatic rings. The predicted octanol–water partition coefficient (Wildman–Crippen LogP) is 4.58. The Balaban J connectivity index is 1.77. The second-order valence-electron chi connectivity index (χ2n) is 6.84. The number of phenols is 1. The fourth-order valence-corrected chi connectivity index (χ4v) is 4.06. The van der Waals surface area contributed by atoms with Gasteiger partial charge in [-0.15, -0.1) is 0 Å². The third-order valence-electron chi connectivity index (χ3n) is 5.22. The SMILES string of the molecule is Oc1cc(-c2ccccc2)cc2c1C(O)CC1(CCCCC1)O2. The molecule has 120 valence electrons. The van der Waals surface area contributed by atoms with Gasteiger partial charge in [0.15, 0.2) is 0 Å². The minimum atomic E-state index is -0.651. The Morgan fingerprint density at radius 3 is 2.43 bits per heavy atom. The molecule has 0 aromatic heterocycles. The van der Waals surface area contributed by atoms with Gasteiger partial charge in [-0.05, 0) is 48.9 Å². The maximum atomic E-state index is 10.6. The molecule has 1 aliphatic carbocycles. The van der Waals surface area contributed by atoms with Gasteiger partial charge in [-0.2, -0.15) is 0 Å². The van der Waals surface area contributed by atoms with Crippen molar-refractivity contribution in [3.05, 3.63) is 48.0 Å². The van der Waals surface area contributed by atoms with Crippen molar-refractivity contribution in [1.82, 2.24) is 0 Å². The number of hydrogen-bond donors (Lipinski definition) is 2. The van der Waals surface area contributed by atoms with Crippen LogP contribution in [0, 0.1) is 0 Å². The molecule has 0 saturated heterocycles. The summed E-state index contributed by atoms with van der Waals surface area (Å²) in [4.78, 5) is 0. The molecule has 1 fully saturated rings. The first-order chi connectivity index (χ1) is 11.2. The second-order valence-corrected chi connectivity index (χ2v) is 6.84. The lowest BCUT2D eigenvalue weighted by Crippen LogP contribution is -2.42. The summed E-state index contributed by atoms with van der Waals surface area (Å²) in [5.74, 6) is 0.768. The molecule has 0 bridgehead atoms. The standard InChI is InChI=1S/C20H22O3/c21-16-11-15(14-7-3-1-4-8-14)12-18-19(16)17(22)13-20(23-18)9-5-2-6-10-20/h1,3-4,7-8,11-12,17,21-22H,2,5-6,9-10,13H2. The second kappa shape index (κ2) is 5.57. The van der Waals surface area contributed by atoms with Crippen molar-refractivity contribution in [1.29, 1.82) is 0 Å². The maximum absolute atomic E-state index is 10.6. The molecule has 1 atom stereocenters. The molecule has 2 N–H and O–H groups in total. The highest BCUT2D eigenvalue weighted by Crippen LogP contribution is 2.50. The van der Waals surface area contributed by atoms with Crippen LogP contribution >= 0.6 is 0 Å². The van der Waals surface area contributed by atoms with Crippen molar-refractivity contribution in [2.24, 2.45) is 0 Å². The van der Waals surface area contributed by atoms with Crippen molar-refractivity contribution >= 4 is 0 Å². The molecule has 1 aliphatic heterocycles. The molecule has 2 aromatic rings. The molecule has 3 nitrogen and oxygen atoms in total.